The molecule has 1 aliphatic rings. The van der Waals surface area contributed by atoms with E-state index in [0.717, 1.165) is 18.8 Å². The number of likely N-dealkylation sites (N-methyl/N-ethyl adjacent to an activating group) is 1. The second kappa shape index (κ2) is 6.08. The lowest BCUT2D eigenvalue weighted by Gasteiger charge is -2.27. The van der Waals surface area contributed by atoms with E-state index in [2.05, 4.69) is 10.2 Å². The third-order valence-corrected chi connectivity index (χ3v) is 4.43. The molecule has 1 rings (SSSR count). The molecule has 0 aromatic carbocycles. The number of hydrogen-bond donors (Lipinski definition) is 1. The minimum Gasteiger partial charge on any atom is -0.311 e. The van der Waals surface area contributed by atoms with Crippen LogP contribution >= 0.6 is 11.8 Å². The Bertz CT molecular complexity index is 274. The fraction of sp³-hybridized carbons (Fsp3) is 1.00. The van der Waals surface area contributed by atoms with Gasteiger partial charge >= 0.3 is 0 Å². The zero-order valence-corrected chi connectivity index (χ0v) is 11.0. The summed E-state index contributed by atoms with van der Waals surface area (Å²) in [6.45, 7) is 2.62. The Morgan fingerprint density at radius 3 is 2.80 bits per heavy atom. The average molecular weight is 252 g/mol. The maximum Gasteiger partial charge on any atom is 0.148 e. The minimum absolute atomic E-state index is 0.253. The van der Waals surface area contributed by atoms with Crippen LogP contribution < -0.4 is 5.32 Å². The molecule has 0 bridgehead atoms. The molecule has 1 atom stereocenters. The van der Waals surface area contributed by atoms with E-state index in [1.807, 2.05) is 18.8 Å². The van der Waals surface area contributed by atoms with Gasteiger partial charge in [0.1, 0.15) is 9.84 Å². The first-order valence-electron chi connectivity index (χ1n) is 5.15. The zero-order chi connectivity index (χ0) is 11.3. The highest BCUT2D eigenvalue weighted by molar-refractivity contribution is 7.99. The van der Waals surface area contributed by atoms with Crippen molar-refractivity contribution < 1.29 is 8.42 Å². The molecule has 1 saturated heterocycles. The molecule has 15 heavy (non-hydrogen) atoms. The minimum atomic E-state index is -2.83. The van der Waals surface area contributed by atoms with Gasteiger partial charge in [0.15, 0.2) is 0 Å². The molecule has 1 fully saturated rings. The van der Waals surface area contributed by atoms with Crippen molar-refractivity contribution in [2.75, 3.05) is 50.2 Å². The van der Waals surface area contributed by atoms with Gasteiger partial charge < -0.3 is 10.2 Å². The fourth-order valence-electron chi connectivity index (χ4n) is 1.53. The average Bonchev–Trinajstić information content (AvgIpc) is 2.15. The first kappa shape index (κ1) is 13.3. The van der Waals surface area contributed by atoms with Gasteiger partial charge in [-0.25, -0.2) is 8.42 Å². The van der Waals surface area contributed by atoms with Gasteiger partial charge in [-0.1, -0.05) is 0 Å². The molecular weight excluding hydrogens is 232 g/mol. The van der Waals surface area contributed by atoms with E-state index in [4.69, 9.17) is 0 Å². The second-order valence-electron chi connectivity index (χ2n) is 4.12. The Balaban J connectivity index is 2.20. The SMILES string of the molecule is CN(CCS(C)(=O)=O)CC1CSCCN1. The largest absolute Gasteiger partial charge is 0.311 e. The van der Waals surface area contributed by atoms with Gasteiger partial charge in [-0.15, -0.1) is 0 Å². The van der Waals surface area contributed by atoms with Crippen LogP contribution in [0.5, 0.6) is 0 Å². The molecule has 4 nitrogen and oxygen atoms in total. The van der Waals surface area contributed by atoms with E-state index in [1.165, 1.54) is 12.0 Å². The predicted molar refractivity (Wildman–Crippen MR) is 66.3 cm³/mol. The highest BCUT2D eigenvalue weighted by Crippen LogP contribution is 2.08. The Kier molecular flexibility index (Phi) is 5.38. The summed E-state index contributed by atoms with van der Waals surface area (Å²) in [5.41, 5.74) is 0. The number of rotatable bonds is 5. The van der Waals surface area contributed by atoms with Gasteiger partial charge in [0.25, 0.3) is 0 Å². The molecule has 6 heteroatoms. The number of nitrogens with zero attached hydrogens (tertiary/aromatic N) is 1. The molecular formula is C9H20N2O2S2. The Morgan fingerprint density at radius 1 is 1.53 bits per heavy atom. The lowest BCUT2D eigenvalue weighted by molar-refractivity contribution is 0.313. The Labute approximate surface area is 96.7 Å². The summed E-state index contributed by atoms with van der Waals surface area (Å²) in [6.07, 6.45) is 1.29. The van der Waals surface area contributed by atoms with Crippen LogP contribution in [-0.2, 0) is 9.84 Å². The molecule has 0 aliphatic carbocycles. The van der Waals surface area contributed by atoms with Gasteiger partial charge in [0.2, 0.25) is 0 Å². The molecule has 0 aromatic heterocycles. The van der Waals surface area contributed by atoms with Gasteiger partial charge in [-0.3, -0.25) is 0 Å². The quantitative estimate of drug-likeness (QED) is 0.726. The normalized spacial score (nSPS) is 23.3. The van der Waals surface area contributed by atoms with Crippen molar-refractivity contribution >= 4 is 21.6 Å². The second-order valence-corrected chi connectivity index (χ2v) is 7.53. The van der Waals surface area contributed by atoms with Crippen LogP contribution in [0.15, 0.2) is 0 Å². The summed E-state index contributed by atoms with van der Waals surface area (Å²) in [6, 6.07) is 0.508. The Hall–Kier alpha value is 0.220. The van der Waals surface area contributed by atoms with E-state index >= 15 is 0 Å². The highest BCUT2D eigenvalue weighted by Gasteiger charge is 2.15. The van der Waals surface area contributed by atoms with Crippen molar-refractivity contribution in [3.63, 3.8) is 0 Å². The van der Waals surface area contributed by atoms with E-state index in [1.54, 1.807) is 0 Å². The van der Waals surface area contributed by atoms with Crippen LogP contribution in [0.1, 0.15) is 0 Å². The molecule has 1 unspecified atom stereocenters. The molecule has 1 heterocycles. The standard InChI is InChI=1S/C9H20N2O2S2/c1-11(4-6-15(2,12)13)7-9-8-14-5-3-10-9/h9-10H,3-8H2,1-2H3. The van der Waals surface area contributed by atoms with Crippen molar-refractivity contribution in [3.8, 4) is 0 Å². The highest BCUT2D eigenvalue weighted by atomic mass is 32.2. The van der Waals surface area contributed by atoms with E-state index in [0.29, 0.717) is 12.6 Å². The first-order valence-corrected chi connectivity index (χ1v) is 8.36. The van der Waals surface area contributed by atoms with Gasteiger partial charge in [-0.2, -0.15) is 11.8 Å². The van der Waals surface area contributed by atoms with Crippen molar-refractivity contribution in [2.45, 2.75) is 6.04 Å². The number of sulfone groups is 1. The predicted octanol–water partition coefficient (Wildman–Crippen LogP) is -0.332. The van der Waals surface area contributed by atoms with Gasteiger partial charge in [0.05, 0.1) is 5.75 Å². The molecule has 0 saturated carbocycles. The maximum atomic E-state index is 11.0. The summed E-state index contributed by atoms with van der Waals surface area (Å²) in [4.78, 5) is 2.09. The molecule has 1 N–H and O–H groups in total. The summed E-state index contributed by atoms with van der Waals surface area (Å²) >= 11 is 1.96. The van der Waals surface area contributed by atoms with Crippen LogP contribution in [0.25, 0.3) is 0 Å². The Morgan fingerprint density at radius 2 is 2.27 bits per heavy atom. The van der Waals surface area contributed by atoms with Gasteiger partial charge in [0, 0.05) is 43.4 Å². The number of nitrogens with one attached hydrogen (secondary N) is 1. The third kappa shape index (κ3) is 6.40. The number of thioether (sulfide) groups is 1. The fourth-order valence-corrected chi connectivity index (χ4v) is 3.11. The molecule has 0 aromatic rings. The van der Waals surface area contributed by atoms with Crippen LogP contribution in [0.2, 0.25) is 0 Å². The molecule has 0 spiro atoms. The first-order chi connectivity index (χ1) is 6.97. The number of hydrogen-bond acceptors (Lipinski definition) is 5. The van der Waals surface area contributed by atoms with E-state index in [-0.39, 0.29) is 5.75 Å². The molecule has 90 valence electrons. The molecule has 1 aliphatic heterocycles. The van der Waals surface area contributed by atoms with Crippen molar-refractivity contribution in [1.82, 2.24) is 10.2 Å². The summed E-state index contributed by atoms with van der Waals surface area (Å²) < 4.78 is 22.0. The zero-order valence-electron chi connectivity index (χ0n) is 9.40. The summed E-state index contributed by atoms with van der Waals surface area (Å²) in [5, 5.41) is 3.44. The molecule has 0 amide bonds. The monoisotopic (exact) mass is 252 g/mol. The summed E-state index contributed by atoms with van der Waals surface area (Å²) in [5.74, 6) is 2.57. The summed E-state index contributed by atoms with van der Waals surface area (Å²) in [7, 11) is -0.849. The topological polar surface area (TPSA) is 49.4 Å². The van der Waals surface area contributed by atoms with Crippen LogP contribution in [0.3, 0.4) is 0 Å². The molecule has 0 radical (unpaired) electrons. The van der Waals surface area contributed by atoms with Crippen LogP contribution in [-0.4, -0.2) is 69.6 Å². The van der Waals surface area contributed by atoms with Crippen molar-refractivity contribution in [3.05, 3.63) is 0 Å². The lowest BCUT2D eigenvalue weighted by Crippen LogP contribution is -2.45. The third-order valence-electron chi connectivity index (χ3n) is 2.37. The van der Waals surface area contributed by atoms with Crippen LogP contribution in [0.4, 0.5) is 0 Å². The van der Waals surface area contributed by atoms with Gasteiger partial charge in [-0.05, 0) is 7.05 Å². The van der Waals surface area contributed by atoms with Crippen molar-refractivity contribution in [1.29, 1.82) is 0 Å². The smallest absolute Gasteiger partial charge is 0.148 e. The van der Waals surface area contributed by atoms with E-state index < -0.39 is 9.84 Å². The van der Waals surface area contributed by atoms with Crippen molar-refractivity contribution in [2.24, 2.45) is 0 Å². The van der Waals surface area contributed by atoms with E-state index in [9.17, 15) is 8.42 Å². The maximum absolute atomic E-state index is 11.0. The van der Waals surface area contributed by atoms with Crippen LogP contribution in [0, 0.1) is 0 Å². The lowest BCUT2D eigenvalue weighted by atomic mass is 10.3.